The molecule has 1 unspecified atom stereocenters. The summed E-state index contributed by atoms with van der Waals surface area (Å²) < 4.78 is 23.9. The molecule has 0 aliphatic carbocycles. The number of ketones is 1. The topological polar surface area (TPSA) is 35.5 Å². The number of hydrogen-bond acceptors (Lipinski definition) is 3. The van der Waals surface area contributed by atoms with Gasteiger partial charge in [-0.2, -0.15) is 0 Å². The normalized spacial score (nSPS) is 20.2. The van der Waals surface area contributed by atoms with Crippen molar-refractivity contribution in [1.29, 1.82) is 0 Å². The highest BCUT2D eigenvalue weighted by Gasteiger charge is 2.23. The number of Topliss-reactive ketones (excluding diaryl/α,β-unsaturated/α-hetero) is 1. The Balaban J connectivity index is 2.02. The predicted molar refractivity (Wildman–Crippen MR) is 60.7 cm³/mol. The van der Waals surface area contributed by atoms with Crippen molar-refractivity contribution in [2.75, 3.05) is 19.8 Å². The lowest BCUT2D eigenvalue weighted by Crippen LogP contribution is -2.36. The fraction of sp³-hybridized carbons (Fsp3) is 0.417. The zero-order valence-corrected chi connectivity index (χ0v) is 9.87. The molecule has 1 aliphatic rings. The molecule has 1 atom stereocenters. The summed E-state index contributed by atoms with van der Waals surface area (Å²) in [5.41, 5.74) is 0.327. The number of halogens is 2. The van der Waals surface area contributed by atoms with Crippen molar-refractivity contribution >= 4 is 17.4 Å². The minimum Gasteiger partial charge on any atom is -0.376 e. The second kappa shape index (κ2) is 5.58. The summed E-state index contributed by atoms with van der Waals surface area (Å²) in [6.45, 7) is 1.15. The van der Waals surface area contributed by atoms with Gasteiger partial charge in [-0.05, 0) is 17.7 Å². The van der Waals surface area contributed by atoms with Gasteiger partial charge in [0.2, 0.25) is 0 Å². The summed E-state index contributed by atoms with van der Waals surface area (Å²) in [7, 11) is 0. The molecule has 0 aromatic heterocycles. The smallest absolute Gasteiger partial charge is 0.168 e. The van der Waals surface area contributed by atoms with Crippen molar-refractivity contribution in [1.82, 2.24) is 0 Å². The van der Waals surface area contributed by atoms with E-state index in [2.05, 4.69) is 0 Å². The van der Waals surface area contributed by atoms with Crippen LogP contribution in [0.1, 0.15) is 5.56 Å². The molecule has 1 saturated heterocycles. The summed E-state index contributed by atoms with van der Waals surface area (Å²) in [6.07, 6.45) is -0.587. The average Bonchev–Trinajstić information content (AvgIpc) is 2.34. The Hall–Kier alpha value is -0.970. The van der Waals surface area contributed by atoms with Crippen LogP contribution in [0.25, 0.3) is 0 Å². The number of hydrogen-bond donors (Lipinski definition) is 0. The van der Waals surface area contributed by atoms with Gasteiger partial charge in [0.25, 0.3) is 0 Å². The molecule has 0 amide bonds. The summed E-state index contributed by atoms with van der Waals surface area (Å²) in [4.78, 5) is 11.8. The molecule has 0 spiro atoms. The highest BCUT2D eigenvalue weighted by molar-refractivity contribution is 6.30. The van der Waals surface area contributed by atoms with E-state index in [1.165, 1.54) is 12.1 Å². The van der Waals surface area contributed by atoms with Crippen molar-refractivity contribution in [2.45, 2.75) is 12.5 Å². The fourth-order valence-corrected chi connectivity index (χ4v) is 1.80. The maximum Gasteiger partial charge on any atom is 0.168 e. The Morgan fingerprint density at radius 1 is 1.47 bits per heavy atom. The molecule has 0 N–H and O–H groups in total. The summed E-state index contributed by atoms with van der Waals surface area (Å²) in [6, 6.07) is 4.27. The van der Waals surface area contributed by atoms with Gasteiger partial charge in [0.1, 0.15) is 11.9 Å². The quantitative estimate of drug-likeness (QED) is 0.832. The van der Waals surface area contributed by atoms with E-state index in [0.717, 1.165) is 0 Å². The van der Waals surface area contributed by atoms with Crippen molar-refractivity contribution in [3.63, 3.8) is 0 Å². The molecule has 92 valence electrons. The molecule has 0 radical (unpaired) electrons. The van der Waals surface area contributed by atoms with Gasteiger partial charge in [-0.3, -0.25) is 4.79 Å². The van der Waals surface area contributed by atoms with Gasteiger partial charge in [0, 0.05) is 11.4 Å². The average molecular weight is 259 g/mol. The minimum atomic E-state index is -0.584. The molecule has 0 bridgehead atoms. The first-order valence-corrected chi connectivity index (χ1v) is 5.70. The molecular formula is C12H12ClFO3. The zero-order valence-electron chi connectivity index (χ0n) is 9.12. The van der Waals surface area contributed by atoms with Crippen molar-refractivity contribution in [3.05, 3.63) is 34.6 Å². The van der Waals surface area contributed by atoms with Crippen LogP contribution in [0, 0.1) is 5.82 Å². The third-order valence-corrected chi connectivity index (χ3v) is 2.79. The van der Waals surface area contributed by atoms with E-state index in [1.807, 2.05) is 0 Å². The van der Waals surface area contributed by atoms with Gasteiger partial charge in [0.15, 0.2) is 5.78 Å². The van der Waals surface area contributed by atoms with Crippen LogP contribution in [-0.4, -0.2) is 31.7 Å². The van der Waals surface area contributed by atoms with Crippen LogP contribution >= 0.6 is 11.6 Å². The van der Waals surface area contributed by atoms with Gasteiger partial charge >= 0.3 is 0 Å². The lowest BCUT2D eigenvalue weighted by molar-refractivity contribution is -0.144. The number of rotatable bonds is 3. The van der Waals surface area contributed by atoms with E-state index in [9.17, 15) is 9.18 Å². The molecule has 17 heavy (non-hydrogen) atoms. The lowest BCUT2D eigenvalue weighted by Gasteiger charge is -2.21. The standard InChI is InChI=1S/C12H12ClFO3/c13-9-2-1-8(10(14)6-9)5-11(15)12-7-16-3-4-17-12/h1-2,6,12H,3-5,7H2. The minimum absolute atomic E-state index is 0.00295. The lowest BCUT2D eigenvalue weighted by atomic mass is 10.0. The highest BCUT2D eigenvalue weighted by atomic mass is 35.5. The molecule has 5 heteroatoms. The summed E-state index contributed by atoms with van der Waals surface area (Å²) in [5.74, 6) is -0.645. The molecule has 1 aliphatic heterocycles. The first-order valence-electron chi connectivity index (χ1n) is 5.33. The van der Waals surface area contributed by atoms with Crippen LogP contribution in [0.5, 0.6) is 0 Å². The molecule has 1 aromatic rings. The van der Waals surface area contributed by atoms with E-state index < -0.39 is 11.9 Å². The van der Waals surface area contributed by atoms with Gasteiger partial charge in [-0.15, -0.1) is 0 Å². The summed E-state index contributed by atoms with van der Waals surface area (Å²) in [5, 5.41) is 0.316. The molecule has 2 rings (SSSR count). The largest absolute Gasteiger partial charge is 0.376 e. The van der Waals surface area contributed by atoms with Crippen molar-refractivity contribution in [3.8, 4) is 0 Å². The first kappa shape index (κ1) is 12.5. The Labute approximate surface area is 103 Å². The maximum absolute atomic E-state index is 13.5. The molecule has 1 heterocycles. The monoisotopic (exact) mass is 258 g/mol. The van der Waals surface area contributed by atoms with Crippen molar-refractivity contribution < 1.29 is 18.7 Å². The van der Waals surface area contributed by atoms with Crippen LogP contribution in [0.3, 0.4) is 0 Å². The van der Waals surface area contributed by atoms with Crippen LogP contribution in [0.4, 0.5) is 4.39 Å². The second-order valence-corrected chi connectivity index (χ2v) is 4.25. The Morgan fingerprint density at radius 3 is 2.94 bits per heavy atom. The SMILES string of the molecule is O=C(Cc1ccc(Cl)cc1F)C1COCCO1. The molecular weight excluding hydrogens is 247 g/mol. The first-order chi connectivity index (χ1) is 8.16. The Morgan fingerprint density at radius 2 is 2.29 bits per heavy atom. The highest BCUT2D eigenvalue weighted by Crippen LogP contribution is 2.16. The molecule has 0 saturated carbocycles. The molecule has 1 aromatic carbocycles. The molecule has 1 fully saturated rings. The third-order valence-electron chi connectivity index (χ3n) is 2.55. The van der Waals surface area contributed by atoms with E-state index in [0.29, 0.717) is 23.8 Å². The third kappa shape index (κ3) is 3.25. The second-order valence-electron chi connectivity index (χ2n) is 3.81. The van der Waals surface area contributed by atoms with Crippen LogP contribution in [-0.2, 0) is 20.7 Å². The number of carbonyl (C=O) groups excluding carboxylic acids is 1. The van der Waals surface area contributed by atoms with Gasteiger partial charge in [-0.1, -0.05) is 17.7 Å². The number of benzene rings is 1. The summed E-state index contributed by atoms with van der Waals surface area (Å²) >= 11 is 5.63. The van der Waals surface area contributed by atoms with E-state index >= 15 is 0 Å². The maximum atomic E-state index is 13.5. The van der Waals surface area contributed by atoms with E-state index in [1.54, 1.807) is 6.07 Å². The van der Waals surface area contributed by atoms with Crippen LogP contribution < -0.4 is 0 Å². The zero-order chi connectivity index (χ0) is 12.3. The van der Waals surface area contributed by atoms with Gasteiger partial charge in [-0.25, -0.2) is 4.39 Å². The van der Waals surface area contributed by atoms with Gasteiger partial charge < -0.3 is 9.47 Å². The fourth-order valence-electron chi connectivity index (χ4n) is 1.64. The van der Waals surface area contributed by atoms with Crippen molar-refractivity contribution in [2.24, 2.45) is 0 Å². The van der Waals surface area contributed by atoms with Gasteiger partial charge in [0.05, 0.1) is 19.8 Å². The predicted octanol–water partition coefficient (Wildman–Crippen LogP) is 2.01. The number of ether oxygens (including phenoxy) is 2. The van der Waals surface area contributed by atoms with E-state index in [4.69, 9.17) is 21.1 Å². The van der Waals surface area contributed by atoms with Crippen LogP contribution in [0.2, 0.25) is 5.02 Å². The Kier molecular flexibility index (Phi) is 4.10. The van der Waals surface area contributed by atoms with E-state index in [-0.39, 0.29) is 18.8 Å². The molecule has 3 nitrogen and oxygen atoms in total. The Bertz CT molecular complexity index is 416. The van der Waals surface area contributed by atoms with Crippen LogP contribution in [0.15, 0.2) is 18.2 Å². The number of carbonyl (C=O) groups is 1.